The van der Waals surface area contributed by atoms with E-state index in [1.54, 1.807) is 29.0 Å². The molecule has 0 spiro atoms. The van der Waals surface area contributed by atoms with Crippen molar-refractivity contribution < 1.29 is 9.53 Å². The standard InChI is InChI=1S/C16H21N5O2/c1-19(2)15-6-4-5-13(18-15)14-11-21(7-8-23-14)16(22)12-9-17-20(3)10-12/h4-6,9-10,14H,7-8,11H2,1-3H3/t14-/m1/s1. The van der Waals surface area contributed by atoms with Gasteiger partial charge in [0.05, 0.1) is 30.6 Å². The number of anilines is 1. The summed E-state index contributed by atoms with van der Waals surface area (Å²) in [6, 6.07) is 5.85. The summed E-state index contributed by atoms with van der Waals surface area (Å²) in [5, 5.41) is 4.06. The maximum Gasteiger partial charge on any atom is 0.257 e. The molecule has 1 saturated heterocycles. The minimum atomic E-state index is -0.204. The van der Waals surface area contributed by atoms with Gasteiger partial charge in [-0.05, 0) is 12.1 Å². The third-order valence-corrected chi connectivity index (χ3v) is 3.85. The normalized spacial score (nSPS) is 18.0. The van der Waals surface area contributed by atoms with Crippen LogP contribution in [0.3, 0.4) is 0 Å². The summed E-state index contributed by atoms with van der Waals surface area (Å²) in [6.07, 6.45) is 3.12. The molecule has 7 nitrogen and oxygen atoms in total. The number of carbonyl (C=O) groups is 1. The maximum atomic E-state index is 12.6. The van der Waals surface area contributed by atoms with Crippen molar-refractivity contribution in [3.05, 3.63) is 41.9 Å². The van der Waals surface area contributed by atoms with Crippen LogP contribution < -0.4 is 4.90 Å². The lowest BCUT2D eigenvalue weighted by Gasteiger charge is -2.32. The first-order valence-electron chi connectivity index (χ1n) is 7.58. The summed E-state index contributed by atoms with van der Waals surface area (Å²) in [5.41, 5.74) is 1.45. The zero-order valence-electron chi connectivity index (χ0n) is 13.6. The SMILES string of the molecule is CN(C)c1cccc([C@H]2CN(C(=O)c3cnn(C)c3)CCO2)n1. The molecule has 7 heteroatoms. The van der Waals surface area contributed by atoms with Crippen molar-refractivity contribution >= 4 is 11.7 Å². The lowest BCUT2D eigenvalue weighted by Crippen LogP contribution is -2.42. The van der Waals surface area contributed by atoms with Gasteiger partial charge in [-0.25, -0.2) is 4.98 Å². The Kier molecular flexibility index (Phi) is 4.29. The molecule has 3 rings (SSSR count). The van der Waals surface area contributed by atoms with Crippen molar-refractivity contribution in [1.82, 2.24) is 19.7 Å². The zero-order chi connectivity index (χ0) is 16.4. The summed E-state index contributed by atoms with van der Waals surface area (Å²) in [4.78, 5) is 20.9. The van der Waals surface area contributed by atoms with Crippen molar-refractivity contribution in [1.29, 1.82) is 0 Å². The van der Waals surface area contributed by atoms with Crippen LogP contribution in [0, 0.1) is 0 Å². The first-order chi connectivity index (χ1) is 11.0. The van der Waals surface area contributed by atoms with Gasteiger partial charge in [-0.15, -0.1) is 0 Å². The second-order valence-electron chi connectivity index (χ2n) is 5.83. The molecule has 0 unspecified atom stereocenters. The fraction of sp³-hybridized carbons (Fsp3) is 0.438. The minimum absolute atomic E-state index is 0.0184. The summed E-state index contributed by atoms with van der Waals surface area (Å²) in [6.45, 7) is 1.58. The van der Waals surface area contributed by atoms with E-state index < -0.39 is 0 Å². The zero-order valence-corrected chi connectivity index (χ0v) is 13.6. The Labute approximate surface area is 135 Å². The fourth-order valence-electron chi connectivity index (χ4n) is 2.59. The number of hydrogen-bond acceptors (Lipinski definition) is 5. The van der Waals surface area contributed by atoms with E-state index in [1.165, 1.54) is 0 Å². The van der Waals surface area contributed by atoms with Gasteiger partial charge in [0.2, 0.25) is 0 Å². The third-order valence-electron chi connectivity index (χ3n) is 3.85. The molecule has 0 N–H and O–H groups in total. The van der Waals surface area contributed by atoms with E-state index >= 15 is 0 Å². The van der Waals surface area contributed by atoms with Crippen LogP contribution in [0.25, 0.3) is 0 Å². The number of morpholine rings is 1. The van der Waals surface area contributed by atoms with E-state index in [-0.39, 0.29) is 12.0 Å². The van der Waals surface area contributed by atoms with Gasteiger partial charge in [0.1, 0.15) is 11.9 Å². The number of pyridine rings is 1. The average Bonchev–Trinajstić information content (AvgIpc) is 3.01. The Hall–Kier alpha value is -2.41. The van der Waals surface area contributed by atoms with Gasteiger partial charge in [0, 0.05) is 33.9 Å². The molecule has 1 aliphatic heterocycles. The molecule has 0 aromatic carbocycles. The van der Waals surface area contributed by atoms with Crippen molar-refractivity contribution in [2.75, 3.05) is 38.7 Å². The Balaban J connectivity index is 1.75. The Morgan fingerprint density at radius 2 is 2.22 bits per heavy atom. The van der Waals surface area contributed by atoms with Gasteiger partial charge in [-0.3, -0.25) is 9.48 Å². The van der Waals surface area contributed by atoms with Gasteiger partial charge in [0.25, 0.3) is 5.91 Å². The molecule has 0 radical (unpaired) electrons. The molecule has 1 aliphatic rings. The number of nitrogens with zero attached hydrogens (tertiary/aromatic N) is 5. The van der Waals surface area contributed by atoms with Crippen molar-refractivity contribution in [3.63, 3.8) is 0 Å². The molecule has 1 fully saturated rings. The van der Waals surface area contributed by atoms with E-state index in [1.807, 2.05) is 37.2 Å². The largest absolute Gasteiger partial charge is 0.368 e. The van der Waals surface area contributed by atoms with Crippen LogP contribution in [0.2, 0.25) is 0 Å². The molecule has 2 aromatic rings. The van der Waals surface area contributed by atoms with Crippen LogP contribution in [0.5, 0.6) is 0 Å². The lowest BCUT2D eigenvalue weighted by atomic mass is 10.1. The Morgan fingerprint density at radius 3 is 2.91 bits per heavy atom. The number of hydrogen-bond donors (Lipinski definition) is 0. The summed E-state index contributed by atoms with van der Waals surface area (Å²) in [7, 11) is 5.70. The van der Waals surface area contributed by atoms with Gasteiger partial charge < -0.3 is 14.5 Å². The number of ether oxygens (including phenoxy) is 1. The van der Waals surface area contributed by atoms with Gasteiger partial charge in [0.15, 0.2) is 0 Å². The molecule has 23 heavy (non-hydrogen) atoms. The second-order valence-corrected chi connectivity index (χ2v) is 5.83. The number of aryl methyl sites for hydroxylation is 1. The summed E-state index contributed by atoms with van der Waals surface area (Å²) in [5.74, 6) is 0.858. The van der Waals surface area contributed by atoms with E-state index in [0.717, 1.165) is 11.5 Å². The predicted molar refractivity (Wildman–Crippen MR) is 86.4 cm³/mol. The van der Waals surface area contributed by atoms with Crippen LogP contribution >= 0.6 is 0 Å². The maximum absolute atomic E-state index is 12.6. The van der Waals surface area contributed by atoms with Crippen molar-refractivity contribution in [3.8, 4) is 0 Å². The van der Waals surface area contributed by atoms with Gasteiger partial charge in [-0.1, -0.05) is 6.07 Å². The molecular weight excluding hydrogens is 294 g/mol. The van der Waals surface area contributed by atoms with Gasteiger partial charge >= 0.3 is 0 Å². The minimum Gasteiger partial charge on any atom is -0.368 e. The van der Waals surface area contributed by atoms with Crippen LogP contribution in [0.4, 0.5) is 5.82 Å². The second kappa shape index (κ2) is 6.37. The third kappa shape index (κ3) is 3.34. The first-order valence-corrected chi connectivity index (χ1v) is 7.58. The van der Waals surface area contributed by atoms with E-state index in [4.69, 9.17) is 4.74 Å². The highest BCUT2D eigenvalue weighted by Gasteiger charge is 2.27. The van der Waals surface area contributed by atoms with Crippen LogP contribution in [-0.4, -0.2) is 59.4 Å². The summed E-state index contributed by atoms with van der Waals surface area (Å²) < 4.78 is 7.46. The van der Waals surface area contributed by atoms with Crippen molar-refractivity contribution in [2.45, 2.75) is 6.10 Å². The Morgan fingerprint density at radius 1 is 1.39 bits per heavy atom. The van der Waals surface area contributed by atoms with E-state index in [2.05, 4.69) is 10.1 Å². The molecular formula is C16H21N5O2. The molecule has 0 saturated carbocycles. The monoisotopic (exact) mass is 315 g/mol. The number of carbonyl (C=O) groups excluding carboxylic acids is 1. The van der Waals surface area contributed by atoms with E-state index in [0.29, 0.717) is 25.3 Å². The number of aromatic nitrogens is 3. The van der Waals surface area contributed by atoms with Crippen LogP contribution in [0.1, 0.15) is 22.2 Å². The smallest absolute Gasteiger partial charge is 0.257 e. The molecule has 122 valence electrons. The average molecular weight is 315 g/mol. The molecule has 0 aliphatic carbocycles. The number of amides is 1. The van der Waals surface area contributed by atoms with Crippen LogP contribution in [0.15, 0.2) is 30.6 Å². The molecule has 1 atom stereocenters. The highest BCUT2D eigenvalue weighted by Crippen LogP contribution is 2.23. The number of rotatable bonds is 3. The highest BCUT2D eigenvalue weighted by atomic mass is 16.5. The molecule has 1 amide bonds. The summed E-state index contributed by atoms with van der Waals surface area (Å²) >= 11 is 0. The topological polar surface area (TPSA) is 63.5 Å². The molecule has 2 aromatic heterocycles. The lowest BCUT2D eigenvalue weighted by molar-refractivity contribution is -0.0246. The van der Waals surface area contributed by atoms with E-state index in [9.17, 15) is 4.79 Å². The quantitative estimate of drug-likeness (QED) is 0.848. The van der Waals surface area contributed by atoms with Gasteiger partial charge in [-0.2, -0.15) is 5.10 Å². The predicted octanol–water partition coefficient (Wildman–Crippen LogP) is 1.09. The fourth-order valence-corrected chi connectivity index (χ4v) is 2.59. The highest BCUT2D eigenvalue weighted by molar-refractivity contribution is 5.93. The molecule has 0 bridgehead atoms. The Bertz CT molecular complexity index is 697. The van der Waals surface area contributed by atoms with Crippen molar-refractivity contribution in [2.24, 2.45) is 7.05 Å². The first kappa shape index (κ1) is 15.5. The molecule has 3 heterocycles. The van der Waals surface area contributed by atoms with Crippen LogP contribution in [-0.2, 0) is 11.8 Å².